The smallest absolute Gasteiger partial charge is 0.283 e. The van der Waals surface area contributed by atoms with Crippen molar-refractivity contribution in [1.82, 2.24) is 19.5 Å². The molecule has 38 heavy (non-hydrogen) atoms. The van der Waals surface area contributed by atoms with Crippen LogP contribution in [0.3, 0.4) is 0 Å². The molecule has 5 rings (SSSR count). The second kappa shape index (κ2) is 10.1. The molecule has 0 saturated carbocycles. The first-order chi connectivity index (χ1) is 18.2. The molecule has 190 valence electrons. The highest BCUT2D eigenvalue weighted by Gasteiger charge is 2.18. The zero-order valence-corrected chi connectivity index (χ0v) is 21.6. The molecule has 0 atom stereocenters. The summed E-state index contributed by atoms with van der Waals surface area (Å²) >= 11 is 6.07. The third kappa shape index (κ3) is 5.13. The van der Waals surface area contributed by atoms with Gasteiger partial charge in [-0.3, -0.25) is 19.3 Å². The van der Waals surface area contributed by atoms with Gasteiger partial charge in [-0.25, -0.2) is 13.4 Å². The Balaban J connectivity index is 1.66. The summed E-state index contributed by atoms with van der Waals surface area (Å²) in [6.45, 7) is 0. The molecule has 0 saturated heterocycles. The van der Waals surface area contributed by atoms with Gasteiger partial charge in [-0.2, -0.15) is 0 Å². The van der Waals surface area contributed by atoms with Crippen molar-refractivity contribution in [1.29, 1.82) is 0 Å². The minimum absolute atomic E-state index is 0.0962. The fourth-order valence-electron chi connectivity index (χ4n) is 3.83. The van der Waals surface area contributed by atoms with E-state index < -0.39 is 15.4 Å². The maximum absolute atomic E-state index is 13.6. The summed E-state index contributed by atoms with van der Waals surface area (Å²) in [7, 11) is -3.44. The molecule has 0 aliphatic carbocycles. The summed E-state index contributed by atoms with van der Waals surface area (Å²) in [5, 5.41) is 3.52. The van der Waals surface area contributed by atoms with Crippen LogP contribution in [-0.2, 0) is 9.84 Å². The van der Waals surface area contributed by atoms with Crippen LogP contribution in [0.2, 0.25) is 5.02 Å². The van der Waals surface area contributed by atoms with Gasteiger partial charge in [-0.05, 0) is 42.5 Å². The predicted molar refractivity (Wildman–Crippen MR) is 149 cm³/mol. The minimum atomic E-state index is -3.44. The van der Waals surface area contributed by atoms with E-state index in [1.54, 1.807) is 55.0 Å². The van der Waals surface area contributed by atoms with E-state index in [4.69, 9.17) is 22.3 Å². The number of hydrogen-bond acceptors (Lipinski definition) is 8. The summed E-state index contributed by atoms with van der Waals surface area (Å²) < 4.78 is 25.4. The summed E-state index contributed by atoms with van der Waals surface area (Å²) in [6, 6.07) is 20.3. The molecule has 2 heterocycles. The second-order valence-corrected chi connectivity index (χ2v) is 10.9. The lowest BCUT2D eigenvalue weighted by Crippen LogP contribution is -2.26. The molecule has 0 radical (unpaired) electrons. The number of nitrogens with zero attached hydrogens (tertiary/aromatic N) is 4. The Hall–Kier alpha value is -4.54. The van der Waals surface area contributed by atoms with Crippen LogP contribution in [0.5, 0.6) is 0 Å². The molecule has 3 N–H and O–H groups in total. The molecule has 0 aliphatic heterocycles. The van der Waals surface area contributed by atoms with Crippen LogP contribution in [-0.4, -0.2) is 34.2 Å². The monoisotopic (exact) mass is 544 g/mol. The van der Waals surface area contributed by atoms with Crippen LogP contribution in [0.15, 0.2) is 101 Å². The number of halogens is 1. The molecule has 0 spiro atoms. The van der Waals surface area contributed by atoms with Crippen LogP contribution in [0.4, 0.5) is 17.2 Å². The molecule has 5 aromatic rings. The molecular weight excluding hydrogens is 524 g/mol. The van der Waals surface area contributed by atoms with Gasteiger partial charge in [0.2, 0.25) is 0 Å². The zero-order valence-electron chi connectivity index (χ0n) is 20.0. The fraction of sp³-hybridized carbons (Fsp3) is 0.0370. The minimum Gasteiger partial charge on any atom is -0.391 e. The molecule has 0 unspecified atom stereocenters. The molecule has 9 nitrogen and oxygen atoms in total. The molecule has 11 heteroatoms. The molecule has 0 fully saturated rings. The van der Waals surface area contributed by atoms with Crippen molar-refractivity contribution in [2.75, 3.05) is 17.3 Å². The Morgan fingerprint density at radius 1 is 0.947 bits per heavy atom. The lowest BCUT2D eigenvalue weighted by atomic mass is 10.1. The highest BCUT2D eigenvalue weighted by molar-refractivity contribution is 7.90. The Kier molecular flexibility index (Phi) is 6.66. The first-order valence-corrected chi connectivity index (χ1v) is 13.6. The number of hydrogen-bond donors (Lipinski definition) is 2. The van der Waals surface area contributed by atoms with Crippen LogP contribution >= 0.6 is 11.6 Å². The third-order valence-electron chi connectivity index (χ3n) is 5.73. The maximum atomic E-state index is 13.6. The average molecular weight is 545 g/mol. The summed E-state index contributed by atoms with van der Waals surface area (Å²) in [4.78, 5) is 26.8. The highest BCUT2D eigenvalue weighted by Crippen LogP contribution is 2.28. The van der Waals surface area contributed by atoms with Crippen molar-refractivity contribution in [2.45, 2.75) is 4.90 Å². The summed E-state index contributed by atoms with van der Waals surface area (Å²) in [6.07, 6.45) is 5.99. The van der Waals surface area contributed by atoms with Gasteiger partial charge in [0.1, 0.15) is 11.5 Å². The van der Waals surface area contributed by atoms with E-state index in [1.807, 2.05) is 24.3 Å². The van der Waals surface area contributed by atoms with E-state index in [0.29, 0.717) is 33.5 Å². The van der Waals surface area contributed by atoms with Gasteiger partial charge in [0.25, 0.3) is 5.56 Å². The number of rotatable bonds is 6. The third-order valence-corrected chi connectivity index (χ3v) is 7.09. The van der Waals surface area contributed by atoms with Gasteiger partial charge in [0, 0.05) is 40.5 Å². The number of aromatic nitrogens is 4. The van der Waals surface area contributed by atoms with Gasteiger partial charge in [-0.1, -0.05) is 41.9 Å². The molecule has 0 aliphatic rings. The van der Waals surface area contributed by atoms with Crippen molar-refractivity contribution in [2.24, 2.45) is 0 Å². The highest BCUT2D eigenvalue weighted by atomic mass is 35.5. The lowest BCUT2D eigenvalue weighted by molar-refractivity contribution is 0.602. The Morgan fingerprint density at radius 2 is 1.66 bits per heavy atom. The Morgan fingerprint density at radius 3 is 2.32 bits per heavy atom. The van der Waals surface area contributed by atoms with Gasteiger partial charge >= 0.3 is 0 Å². The standard InChI is InChI=1S/C27H21ClN6O3S/c1-38(36,37)22-4-2-3-20(15-22)32-25-24(29)27(35)34(21-11-9-19(28)10-12-21)26(33-25)18-7-5-17(6-8-18)23-16-30-13-14-31-23/h2-16,32H,29H2,1H3. The van der Waals surface area contributed by atoms with Crippen molar-refractivity contribution < 1.29 is 8.42 Å². The molecule has 3 aromatic carbocycles. The molecule has 0 bridgehead atoms. The number of nitrogens with one attached hydrogen (secondary N) is 1. The van der Waals surface area contributed by atoms with Crippen molar-refractivity contribution >= 4 is 38.6 Å². The topological polar surface area (TPSA) is 133 Å². The number of anilines is 3. The number of sulfone groups is 1. The summed E-state index contributed by atoms with van der Waals surface area (Å²) in [5.41, 5.74) is 8.74. The van der Waals surface area contributed by atoms with Crippen molar-refractivity contribution in [3.05, 3.63) is 107 Å². The van der Waals surface area contributed by atoms with Crippen LogP contribution < -0.4 is 16.6 Å². The maximum Gasteiger partial charge on any atom is 0.283 e. The normalized spacial score (nSPS) is 11.3. The summed E-state index contributed by atoms with van der Waals surface area (Å²) in [5.74, 6) is 0.415. The van der Waals surface area contributed by atoms with E-state index >= 15 is 0 Å². The van der Waals surface area contributed by atoms with Gasteiger partial charge < -0.3 is 11.1 Å². The largest absolute Gasteiger partial charge is 0.391 e. The van der Waals surface area contributed by atoms with Gasteiger partial charge in [-0.15, -0.1) is 0 Å². The van der Waals surface area contributed by atoms with Crippen LogP contribution in [0.1, 0.15) is 0 Å². The molecule has 2 aromatic heterocycles. The lowest BCUT2D eigenvalue weighted by Gasteiger charge is -2.17. The number of nitrogens with two attached hydrogens (primary N) is 1. The Labute approximate surface area is 223 Å². The van der Waals surface area contributed by atoms with Gasteiger partial charge in [0.15, 0.2) is 15.7 Å². The van der Waals surface area contributed by atoms with E-state index in [-0.39, 0.29) is 16.4 Å². The number of benzene rings is 3. The second-order valence-electron chi connectivity index (χ2n) is 8.41. The van der Waals surface area contributed by atoms with Crippen molar-refractivity contribution in [3.8, 4) is 28.3 Å². The Bertz CT molecular complexity index is 1790. The van der Waals surface area contributed by atoms with Gasteiger partial charge in [0.05, 0.1) is 22.5 Å². The van der Waals surface area contributed by atoms with E-state index in [2.05, 4.69) is 15.3 Å². The fourth-order valence-corrected chi connectivity index (χ4v) is 4.62. The molecular formula is C27H21ClN6O3S. The van der Waals surface area contributed by atoms with E-state index in [9.17, 15) is 13.2 Å². The van der Waals surface area contributed by atoms with E-state index in [0.717, 1.165) is 11.8 Å². The first kappa shape index (κ1) is 25.1. The number of nitrogen functional groups attached to an aromatic ring is 1. The first-order valence-electron chi connectivity index (χ1n) is 11.3. The predicted octanol–water partition coefficient (Wildman–Crippen LogP) is 4.74. The zero-order chi connectivity index (χ0) is 26.9. The van der Waals surface area contributed by atoms with E-state index in [1.165, 1.54) is 16.7 Å². The average Bonchev–Trinajstić information content (AvgIpc) is 2.92. The van der Waals surface area contributed by atoms with Crippen LogP contribution in [0.25, 0.3) is 28.3 Å². The SMILES string of the molecule is CS(=O)(=O)c1cccc(Nc2nc(-c3ccc(-c4cnccn4)cc3)n(-c3ccc(Cl)cc3)c(=O)c2N)c1. The van der Waals surface area contributed by atoms with Crippen molar-refractivity contribution in [3.63, 3.8) is 0 Å². The quantitative estimate of drug-likeness (QED) is 0.313. The van der Waals surface area contributed by atoms with Crippen LogP contribution in [0, 0.1) is 0 Å². The molecule has 0 amide bonds.